The smallest absolute Gasteiger partial charge is 0.355 e. The fraction of sp³-hybridized carbons (Fsp3) is 0.462. The predicted octanol–water partition coefficient (Wildman–Crippen LogP) is 4.61. The van der Waals surface area contributed by atoms with Gasteiger partial charge in [-0.05, 0) is 55.9 Å². The highest BCUT2D eigenvalue weighted by molar-refractivity contribution is 6.42. The number of hydrogen-bond acceptors (Lipinski definition) is 7. The summed E-state index contributed by atoms with van der Waals surface area (Å²) in [5.41, 5.74) is 7.79. The maximum Gasteiger partial charge on any atom is 0.419 e. The Morgan fingerprint density at radius 3 is 2.50 bits per heavy atom. The molecule has 3 N–H and O–H groups in total. The number of halogens is 5. The van der Waals surface area contributed by atoms with Crippen LogP contribution in [0.4, 0.5) is 19.0 Å². The summed E-state index contributed by atoms with van der Waals surface area (Å²) in [5, 5.41) is 4.30. The zero-order chi connectivity index (χ0) is 27.7. The molecular weight excluding hydrogens is 538 g/mol. The van der Waals surface area contributed by atoms with Crippen LogP contribution in [0.2, 0.25) is 10.0 Å². The number of nitrogens with one attached hydrogen (secondary N) is 1. The summed E-state index contributed by atoms with van der Waals surface area (Å²) in [6.07, 6.45) is -1.87. The summed E-state index contributed by atoms with van der Waals surface area (Å²) in [7, 11) is 5.93. The van der Waals surface area contributed by atoms with Gasteiger partial charge in [-0.3, -0.25) is 0 Å². The minimum atomic E-state index is -4.50. The second kappa shape index (κ2) is 11.3. The van der Waals surface area contributed by atoms with Crippen molar-refractivity contribution in [1.29, 1.82) is 0 Å². The number of guanidine groups is 1. The van der Waals surface area contributed by atoms with Gasteiger partial charge in [0.15, 0.2) is 5.96 Å². The quantitative estimate of drug-likeness (QED) is 0.529. The van der Waals surface area contributed by atoms with Gasteiger partial charge in [0.05, 0.1) is 15.6 Å². The molecule has 1 aromatic heterocycles. The van der Waals surface area contributed by atoms with Crippen LogP contribution in [0.5, 0.6) is 0 Å². The van der Waals surface area contributed by atoms with Crippen molar-refractivity contribution in [3.63, 3.8) is 0 Å². The molecule has 0 saturated heterocycles. The van der Waals surface area contributed by atoms with Gasteiger partial charge in [0, 0.05) is 58.0 Å². The van der Waals surface area contributed by atoms with Crippen LogP contribution >= 0.6 is 23.2 Å². The molecule has 4 rings (SSSR count). The molecule has 12 heteroatoms. The first-order valence-corrected chi connectivity index (χ1v) is 13.1. The van der Waals surface area contributed by atoms with Gasteiger partial charge in [0.2, 0.25) is 0 Å². The van der Waals surface area contributed by atoms with E-state index >= 15 is 0 Å². The van der Waals surface area contributed by atoms with Crippen molar-refractivity contribution < 1.29 is 13.2 Å². The molecule has 2 aromatic rings. The zero-order valence-electron chi connectivity index (χ0n) is 21.6. The fourth-order valence-electron chi connectivity index (χ4n) is 4.77. The number of alkyl halides is 3. The van der Waals surface area contributed by atoms with E-state index in [1.54, 1.807) is 17.0 Å². The normalized spacial score (nSPS) is 20.2. The Morgan fingerprint density at radius 2 is 1.82 bits per heavy atom. The molecule has 0 bridgehead atoms. The molecule has 0 spiro atoms. The third kappa shape index (κ3) is 6.36. The molecule has 0 aliphatic carbocycles. The second-order valence-corrected chi connectivity index (χ2v) is 10.8. The number of anilines is 1. The molecule has 0 fully saturated rings. The molecule has 0 amide bonds. The molecule has 7 nitrogen and oxygen atoms in total. The maximum absolute atomic E-state index is 13.7. The third-order valence-corrected chi connectivity index (χ3v) is 7.55. The molecular formula is C26H32Cl2F3N7. The first-order valence-electron chi connectivity index (χ1n) is 12.3. The predicted molar refractivity (Wildman–Crippen MR) is 147 cm³/mol. The standard InChI is InChI=1S/C26H32Cl2F3N7/c1-36(2)13-14-37(3)24-34-22-9-12-38(23-19(26(29,30)31)5-4-10-33-23)11-8-18(22)25(32,35-24)16-17-6-7-20(27)21(28)15-17/h4-7,10,15H,8-9,11-14,16,32H2,1-3H3,(H,34,35). The maximum atomic E-state index is 13.7. The minimum absolute atomic E-state index is 0.0730. The number of aliphatic imine (C=N–C) groups is 1. The number of hydrogen-bond donors (Lipinski definition) is 2. The number of nitrogens with zero attached hydrogens (tertiary/aromatic N) is 5. The lowest BCUT2D eigenvalue weighted by Gasteiger charge is -2.38. The monoisotopic (exact) mass is 569 g/mol. The number of nitrogens with two attached hydrogens (primary N) is 1. The van der Waals surface area contributed by atoms with Crippen molar-refractivity contribution in [2.45, 2.75) is 31.1 Å². The van der Waals surface area contributed by atoms with Crippen molar-refractivity contribution in [3.8, 4) is 0 Å². The molecule has 2 aliphatic rings. The van der Waals surface area contributed by atoms with Gasteiger partial charge in [-0.15, -0.1) is 0 Å². The van der Waals surface area contributed by atoms with Gasteiger partial charge in [-0.1, -0.05) is 29.3 Å². The average molecular weight is 570 g/mol. The number of aromatic nitrogens is 1. The van der Waals surface area contributed by atoms with E-state index in [1.807, 2.05) is 32.1 Å². The first kappa shape index (κ1) is 28.5. The van der Waals surface area contributed by atoms with Crippen LogP contribution in [0.25, 0.3) is 0 Å². The van der Waals surface area contributed by atoms with Crippen molar-refractivity contribution in [3.05, 3.63) is 69.0 Å². The van der Waals surface area contributed by atoms with Gasteiger partial charge in [0.25, 0.3) is 0 Å². The Bertz CT molecular complexity index is 1230. The van der Waals surface area contributed by atoms with Gasteiger partial charge in [0.1, 0.15) is 11.5 Å². The Balaban J connectivity index is 1.66. The molecule has 3 heterocycles. The topological polar surface area (TPSA) is 73.0 Å². The summed E-state index contributed by atoms with van der Waals surface area (Å²) in [6.45, 7) is 2.19. The van der Waals surface area contributed by atoms with Crippen LogP contribution in [0.3, 0.4) is 0 Å². The Labute approximate surface area is 231 Å². The van der Waals surface area contributed by atoms with E-state index in [4.69, 9.17) is 33.9 Å². The van der Waals surface area contributed by atoms with Crippen LogP contribution in [-0.4, -0.2) is 73.7 Å². The van der Waals surface area contributed by atoms with Gasteiger partial charge < -0.3 is 25.8 Å². The van der Waals surface area contributed by atoms with E-state index in [9.17, 15) is 13.2 Å². The second-order valence-electron chi connectivity index (χ2n) is 9.95. The number of likely N-dealkylation sites (N-methyl/N-ethyl adjacent to an activating group) is 2. The molecule has 2 aliphatic heterocycles. The van der Waals surface area contributed by atoms with E-state index in [1.165, 1.54) is 12.3 Å². The van der Waals surface area contributed by atoms with E-state index in [-0.39, 0.29) is 5.82 Å². The first-order chi connectivity index (χ1) is 17.9. The van der Waals surface area contributed by atoms with Crippen LogP contribution in [0.15, 0.2) is 52.8 Å². The van der Waals surface area contributed by atoms with Crippen molar-refractivity contribution in [2.24, 2.45) is 10.7 Å². The number of benzene rings is 1. The van der Waals surface area contributed by atoms with Crippen molar-refractivity contribution >= 4 is 35.0 Å². The van der Waals surface area contributed by atoms with E-state index in [0.29, 0.717) is 54.9 Å². The Kier molecular flexibility index (Phi) is 8.46. The molecule has 206 valence electrons. The van der Waals surface area contributed by atoms with Gasteiger partial charge in [-0.25, -0.2) is 9.98 Å². The molecule has 0 saturated carbocycles. The molecule has 1 aromatic carbocycles. The highest BCUT2D eigenvalue weighted by Gasteiger charge is 2.40. The number of pyridine rings is 1. The van der Waals surface area contributed by atoms with Crippen LogP contribution in [0.1, 0.15) is 24.0 Å². The molecule has 1 atom stereocenters. The van der Waals surface area contributed by atoms with E-state index < -0.39 is 17.4 Å². The molecule has 38 heavy (non-hydrogen) atoms. The van der Waals surface area contributed by atoms with Gasteiger partial charge >= 0.3 is 6.18 Å². The molecule has 0 radical (unpaired) electrons. The highest BCUT2D eigenvalue weighted by atomic mass is 35.5. The Hall–Kier alpha value is -2.53. The van der Waals surface area contributed by atoms with E-state index in [2.05, 4.69) is 15.2 Å². The SMILES string of the molecule is CN(C)CCN(C)C1=NC(N)(Cc2ccc(Cl)c(Cl)c2)C2=C(CCN(c3ncccc3C(F)(F)F)CC2)N1. The van der Waals surface area contributed by atoms with Crippen LogP contribution in [0, 0.1) is 0 Å². The summed E-state index contributed by atoms with van der Waals surface area (Å²) in [6, 6.07) is 7.74. The number of rotatable bonds is 6. The Morgan fingerprint density at radius 1 is 1.08 bits per heavy atom. The summed E-state index contributed by atoms with van der Waals surface area (Å²) < 4.78 is 41.2. The van der Waals surface area contributed by atoms with Crippen molar-refractivity contribution in [1.82, 2.24) is 20.1 Å². The summed E-state index contributed by atoms with van der Waals surface area (Å²) in [4.78, 5) is 14.8. The van der Waals surface area contributed by atoms with Crippen LogP contribution in [-0.2, 0) is 12.6 Å². The van der Waals surface area contributed by atoms with E-state index in [0.717, 1.165) is 29.4 Å². The lowest BCUT2D eigenvalue weighted by Crippen LogP contribution is -2.53. The highest BCUT2D eigenvalue weighted by Crippen LogP contribution is 2.38. The lowest BCUT2D eigenvalue weighted by molar-refractivity contribution is -0.137. The van der Waals surface area contributed by atoms with Gasteiger partial charge in [-0.2, -0.15) is 13.2 Å². The molecule has 1 unspecified atom stereocenters. The lowest BCUT2D eigenvalue weighted by atomic mass is 9.88. The minimum Gasteiger partial charge on any atom is -0.355 e. The third-order valence-electron chi connectivity index (χ3n) is 6.81. The fourth-order valence-corrected chi connectivity index (χ4v) is 5.09. The summed E-state index contributed by atoms with van der Waals surface area (Å²) in [5.74, 6) is 0.548. The van der Waals surface area contributed by atoms with Crippen molar-refractivity contribution in [2.75, 3.05) is 52.2 Å². The average Bonchev–Trinajstić information content (AvgIpc) is 3.07. The largest absolute Gasteiger partial charge is 0.419 e. The zero-order valence-corrected chi connectivity index (χ0v) is 23.1. The summed E-state index contributed by atoms with van der Waals surface area (Å²) >= 11 is 12.4. The van der Waals surface area contributed by atoms with Crippen LogP contribution < -0.4 is 16.0 Å².